The molecule has 7 nitrogen and oxygen atoms in total. The standard InChI is InChI=1S/C23H18ClNO6/c1-13-18-11-16(29-21(26)10-8-17-12-20(28-2)25-31-17)7-9-19(18)30-23(27)22(13)14-3-5-15(24)6-4-14/h3-7,9,11-12H,8,10H2,1-2H3. The summed E-state index contributed by atoms with van der Waals surface area (Å²) < 4.78 is 20.9. The smallest absolute Gasteiger partial charge is 0.344 e. The second-order valence-electron chi connectivity index (χ2n) is 6.86. The first-order valence-corrected chi connectivity index (χ1v) is 9.86. The first kappa shape index (κ1) is 20.7. The maximum absolute atomic E-state index is 12.5. The van der Waals surface area contributed by atoms with Crippen LogP contribution >= 0.6 is 11.6 Å². The number of halogens is 1. The molecule has 4 rings (SSSR count). The van der Waals surface area contributed by atoms with Crippen molar-refractivity contribution < 1.29 is 23.2 Å². The van der Waals surface area contributed by atoms with Gasteiger partial charge in [-0.2, -0.15) is 0 Å². The van der Waals surface area contributed by atoms with Gasteiger partial charge >= 0.3 is 11.6 Å². The van der Waals surface area contributed by atoms with Crippen molar-refractivity contribution in [2.75, 3.05) is 7.11 Å². The lowest BCUT2D eigenvalue weighted by Crippen LogP contribution is -2.09. The highest BCUT2D eigenvalue weighted by atomic mass is 35.5. The van der Waals surface area contributed by atoms with E-state index in [0.717, 1.165) is 5.56 Å². The predicted octanol–water partition coefficient (Wildman–Crippen LogP) is 4.96. The van der Waals surface area contributed by atoms with Gasteiger partial charge in [-0.1, -0.05) is 23.7 Å². The third kappa shape index (κ3) is 4.46. The number of aromatic nitrogens is 1. The van der Waals surface area contributed by atoms with E-state index >= 15 is 0 Å². The number of hydrogen-bond donors (Lipinski definition) is 0. The summed E-state index contributed by atoms with van der Waals surface area (Å²) in [5, 5.41) is 4.94. The molecule has 0 unspecified atom stereocenters. The molecule has 8 heteroatoms. The Kier molecular flexibility index (Phi) is 5.77. The molecule has 4 aromatic rings. The summed E-state index contributed by atoms with van der Waals surface area (Å²) in [6.45, 7) is 1.83. The third-order valence-electron chi connectivity index (χ3n) is 4.82. The second-order valence-corrected chi connectivity index (χ2v) is 7.30. The molecule has 0 atom stereocenters. The molecule has 0 aliphatic rings. The Labute approximate surface area is 182 Å². The van der Waals surface area contributed by atoms with Crippen LogP contribution in [0.5, 0.6) is 11.6 Å². The largest absolute Gasteiger partial charge is 0.479 e. The SMILES string of the molecule is COc1cc(CCC(=O)Oc2ccc3oc(=O)c(-c4ccc(Cl)cc4)c(C)c3c2)on1. The molecule has 2 aromatic carbocycles. The van der Waals surface area contributed by atoms with Crippen molar-refractivity contribution in [1.29, 1.82) is 0 Å². The Morgan fingerprint density at radius 3 is 2.61 bits per heavy atom. The van der Waals surface area contributed by atoms with E-state index in [1.165, 1.54) is 7.11 Å². The van der Waals surface area contributed by atoms with Crippen LogP contribution in [0, 0.1) is 6.92 Å². The number of fused-ring (bicyclic) bond motifs is 1. The van der Waals surface area contributed by atoms with Gasteiger partial charge in [-0.25, -0.2) is 4.79 Å². The van der Waals surface area contributed by atoms with Crippen LogP contribution in [-0.2, 0) is 11.2 Å². The Bertz CT molecular complexity index is 1310. The van der Waals surface area contributed by atoms with Crippen molar-refractivity contribution in [1.82, 2.24) is 5.16 Å². The number of carbonyl (C=O) groups excluding carboxylic acids is 1. The number of nitrogens with zero attached hydrogens (tertiary/aromatic N) is 1. The molecule has 0 aliphatic heterocycles. The van der Waals surface area contributed by atoms with E-state index in [2.05, 4.69) is 5.16 Å². The van der Waals surface area contributed by atoms with Gasteiger partial charge in [0.25, 0.3) is 5.88 Å². The highest BCUT2D eigenvalue weighted by molar-refractivity contribution is 6.30. The molecule has 0 fully saturated rings. The number of methoxy groups -OCH3 is 1. The third-order valence-corrected chi connectivity index (χ3v) is 5.08. The van der Waals surface area contributed by atoms with Gasteiger partial charge in [-0.05, 0) is 53.5 Å². The van der Waals surface area contributed by atoms with Crippen LogP contribution in [0.4, 0.5) is 0 Å². The number of carbonyl (C=O) groups is 1. The summed E-state index contributed by atoms with van der Waals surface area (Å²) in [6.07, 6.45) is 0.437. The summed E-state index contributed by atoms with van der Waals surface area (Å²) in [7, 11) is 1.48. The summed E-state index contributed by atoms with van der Waals surface area (Å²) in [5.41, 5.74) is 1.82. The lowest BCUT2D eigenvalue weighted by Gasteiger charge is -2.10. The van der Waals surface area contributed by atoms with Crippen LogP contribution in [0.2, 0.25) is 5.02 Å². The summed E-state index contributed by atoms with van der Waals surface area (Å²) in [5.74, 6) is 0.804. The van der Waals surface area contributed by atoms with Crippen LogP contribution in [0.25, 0.3) is 22.1 Å². The van der Waals surface area contributed by atoms with Crippen LogP contribution < -0.4 is 15.1 Å². The molecular weight excluding hydrogens is 422 g/mol. The van der Waals surface area contributed by atoms with Crippen LogP contribution in [0.1, 0.15) is 17.7 Å². The normalized spacial score (nSPS) is 10.9. The van der Waals surface area contributed by atoms with E-state index in [1.54, 1.807) is 48.5 Å². The summed E-state index contributed by atoms with van der Waals surface area (Å²) >= 11 is 5.95. The maximum Gasteiger partial charge on any atom is 0.344 e. The van der Waals surface area contributed by atoms with Gasteiger partial charge in [0.1, 0.15) is 17.1 Å². The molecule has 0 saturated heterocycles. The number of benzene rings is 2. The van der Waals surface area contributed by atoms with Gasteiger partial charge in [0.15, 0.2) is 0 Å². The number of rotatable bonds is 6. The molecule has 158 valence electrons. The van der Waals surface area contributed by atoms with E-state index in [-0.39, 0.29) is 6.42 Å². The minimum absolute atomic E-state index is 0.106. The van der Waals surface area contributed by atoms with Gasteiger partial charge < -0.3 is 18.4 Å². The van der Waals surface area contributed by atoms with Crippen LogP contribution in [0.15, 0.2) is 62.3 Å². The van der Waals surface area contributed by atoms with Gasteiger partial charge in [0.05, 0.1) is 19.1 Å². The second kappa shape index (κ2) is 8.65. The molecule has 0 amide bonds. The zero-order chi connectivity index (χ0) is 22.0. The number of hydrogen-bond acceptors (Lipinski definition) is 7. The fourth-order valence-electron chi connectivity index (χ4n) is 3.26. The molecule has 31 heavy (non-hydrogen) atoms. The van der Waals surface area contributed by atoms with Crippen LogP contribution in [0.3, 0.4) is 0 Å². The van der Waals surface area contributed by atoms with E-state index in [4.69, 9.17) is 30.0 Å². The fraction of sp³-hybridized carbons (Fsp3) is 0.174. The van der Waals surface area contributed by atoms with Gasteiger partial charge in [0.2, 0.25) is 0 Å². The molecule has 0 spiro atoms. The van der Waals surface area contributed by atoms with Crippen molar-refractivity contribution in [3.05, 3.63) is 75.3 Å². The van der Waals surface area contributed by atoms with E-state index in [0.29, 0.717) is 50.9 Å². The Balaban J connectivity index is 1.57. The average molecular weight is 440 g/mol. The van der Waals surface area contributed by atoms with Crippen molar-refractivity contribution in [2.24, 2.45) is 0 Å². The first-order chi connectivity index (χ1) is 14.9. The monoisotopic (exact) mass is 439 g/mol. The van der Waals surface area contributed by atoms with E-state index in [9.17, 15) is 9.59 Å². The fourth-order valence-corrected chi connectivity index (χ4v) is 3.39. The molecule has 0 radical (unpaired) electrons. The molecule has 2 aromatic heterocycles. The van der Waals surface area contributed by atoms with E-state index in [1.807, 2.05) is 6.92 Å². The number of aryl methyl sites for hydroxylation is 2. The molecular formula is C23H18ClNO6. The zero-order valence-electron chi connectivity index (χ0n) is 16.8. The predicted molar refractivity (Wildman–Crippen MR) is 115 cm³/mol. The maximum atomic E-state index is 12.5. The quantitative estimate of drug-likeness (QED) is 0.238. The molecule has 2 heterocycles. The van der Waals surface area contributed by atoms with Gasteiger partial charge in [0, 0.05) is 22.9 Å². The van der Waals surface area contributed by atoms with Crippen molar-refractivity contribution >= 4 is 28.5 Å². The molecule has 0 bridgehead atoms. The summed E-state index contributed by atoms with van der Waals surface area (Å²) in [6, 6.07) is 13.4. The first-order valence-electron chi connectivity index (χ1n) is 9.48. The van der Waals surface area contributed by atoms with E-state index < -0.39 is 11.6 Å². The number of ether oxygens (including phenoxy) is 2. The lowest BCUT2D eigenvalue weighted by atomic mass is 9.99. The Morgan fingerprint density at radius 1 is 1.13 bits per heavy atom. The van der Waals surface area contributed by atoms with Crippen molar-refractivity contribution in [2.45, 2.75) is 19.8 Å². The topological polar surface area (TPSA) is 91.8 Å². The highest BCUT2D eigenvalue weighted by Gasteiger charge is 2.15. The van der Waals surface area contributed by atoms with Crippen molar-refractivity contribution in [3.8, 4) is 22.8 Å². The zero-order valence-corrected chi connectivity index (χ0v) is 17.6. The number of esters is 1. The van der Waals surface area contributed by atoms with Crippen molar-refractivity contribution in [3.63, 3.8) is 0 Å². The highest BCUT2D eigenvalue weighted by Crippen LogP contribution is 2.30. The molecule has 0 N–H and O–H groups in total. The average Bonchev–Trinajstić information content (AvgIpc) is 3.22. The molecule has 0 aliphatic carbocycles. The van der Waals surface area contributed by atoms with Gasteiger partial charge in [-0.3, -0.25) is 4.79 Å². The van der Waals surface area contributed by atoms with Gasteiger partial charge in [-0.15, -0.1) is 0 Å². The minimum Gasteiger partial charge on any atom is -0.479 e. The Morgan fingerprint density at radius 2 is 1.90 bits per heavy atom. The summed E-state index contributed by atoms with van der Waals surface area (Å²) in [4.78, 5) is 24.8. The molecule has 0 saturated carbocycles. The van der Waals surface area contributed by atoms with Crippen LogP contribution in [-0.4, -0.2) is 18.2 Å². The lowest BCUT2D eigenvalue weighted by molar-refractivity contribution is -0.134. The Hall–Kier alpha value is -3.58. The minimum atomic E-state index is -0.445.